The predicted molar refractivity (Wildman–Crippen MR) is 103 cm³/mol. The Morgan fingerprint density at radius 2 is 1.96 bits per heavy atom. The summed E-state index contributed by atoms with van der Waals surface area (Å²) >= 11 is 6.25. The maximum Gasteiger partial charge on any atom is 0.238 e. The standard InChI is InChI=1S/C20H20ClFN2O4/c21-15-9-17-18(28-7-6-27-17)10-16(15)23-20(25)12-24-4-5-26-19(11-24)13-2-1-3-14(22)8-13/h1-3,8-10,19H,4-7,11-12H2,(H,23,25). The van der Waals surface area contributed by atoms with Gasteiger partial charge >= 0.3 is 0 Å². The van der Waals surface area contributed by atoms with Crippen molar-refractivity contribution in [2.75, 3.05) is 44.8 Å². The molecular formula is C20H20ClFN2O4. The van der Waals surface area contributed by atoms with E-state index in [1.54, 1.807) is 18.2 Å². The summed E-state index contributed by atoms with van der Waals surface area (Å²) in [6.45, 7) is 2.70. The number of benzene rings is 2. The molecule has 2 aliphatic rings. The van der Waals surface area contributed by atoms with Crippen LogP contribution in [-0.4, -0.2) is 50.3 Å². The summed E-state index contributed by atoms with van der Waals surface area (Å²) in [5.74, 6) is 0.631. The van der Waals surface area contributed by atoms with Gasteiger partial charge in [-0.15, -0.1) is 0 Å². The molecular weight excluding hydrogens is 387 g/mol. The van der Waals surface area contributed by atoms with Crippen molar-refractivity contribution < 1.29 is 23.4 Å². The largest absolute Gasteiger partial charge is 0.486 e. The summed E-state index contributed by atoms with van der Waals surface area (Å²) in [4.78, 5) is 14.5. The summed E-state index contributed by atoms with van der Waals surface area (Å²) in [5.41, 5.74) is 1.24. The molecule has 8 heteroatoms. The van der Waals surface area contributed by atoms with E-state index in [0.717, 1.165) is 5.56 Å². The van der Waals surface area contributed by atoms with Crippen LogP contribution in [0.3, 0.4) is 0 Å². The second-order valence-corrected chi connectivity index (χ2v) is 7.08. The van der Waals surface area contributed by atoms with Crippen LogP contribution in [0, 0.1) is 5.82 Å². The van der Waals surface area contributed by atoms with Gasteiger partial charge in [0.15, 0.2) is 11.5 Å². The van der Waals surface area contributed by atoms with Crippen LogP contribution in [0.25, 0.3) is 0 Å². The number of hydrogen-bond donors (Lipinski definition) is 1. The lowest BCUT2D eigenvalue weighted by molar-refractivity contribution is -0.119. The lowest BCUT2D eigenvalue weighted by atomic mass is 10.1. The number of ether oxygens (including phenoxy) is 3. The Morgan fingerprint density at radius 1 is 1.18 bits per heavy atom. The molecule has 148 valence electrons. The molecule has 28 heavy (non-hydrogen) atoms. The van der Waals surface area contributed by atoms with E-state index in [-0.39, 0.29) is 24.4 Å². The highest BCUT2D eigenvalue weighted by atomic mass is 35.5. The smallest absolute Gasteiger partial charge is 0.238 e. The van der Waals surface area contributed by atoms with Gasteiger partial charge in [0.25, 0.3) is 0 Å². The zero-order valence-corrected chi connectivity index (χ0v) is 15.9. The number of halogens is 2. The first-order valence-corrected chi connectivity index (χ1v) is 9.45. The molecule has 1 N–H and O–H groups in total. The normalized spacial score (nSPS) is 19.3. The van der Waals surface area contributed by atoms with Gasteiger partial charge in [-0.05, 0) is 17.7 Å². The highest BCUT2D eigenvalue weighted by Gasteiger charge is 2.24. The summed E-state index contributed by atoms with van der Waals surface area (Å²) < 4.78 is 30.2. The van der Waals surface area contributed by atoms with Gasteiger partial charge in [0.2, 0.25) is 5.91 Å². The van der Waals surface area contributed by atoms with E-state index in [1.807, 2.05) is 11.0 Å². The first-order chi connectivity index (χ1) is 13.6. The molecule has 2 aliphatic heterocycles. The number of morpholine rings is 1. The van der Waals surface area contributed by atoms with Crippen LogP contribution in [0.15, 0.2) is 36.4 Å². The maximum atomic E-state index is 13.5. The van der Waals surface area contributed by atoms with Gasteiger partial charge in [0.1, 0.15) is 19.0 Å². The Labute approximate surface area is 167 Å². The van der Waals surface area contributed by atoms with Crippen LogP contribution in [0.5, 0.6) is 11.5 Å². The molecule has 1 unspecified atom stereocenters. The van der Waals surface area contributed by atoms with E-state index in [0.29, 0.717) is 55.1 Å². The molecule has 0 radical (unpaired) electrons. The van der Waals surface area contributed by atoms with E-state index < -0.39 is 0 Å². The monoisotopic (exact) mass is 406 g/mol. The van der Waals surface area contributed by atoms with Crippen LogP contribution < -0.4 is 14.8 Å². The minimum Gasteiger partial charge on any atom is -0.486 e. The SMILES string of the molecule is O=C(CN1CCOC(c2cccc(F)c2)C1)Nc1cc2c(cc1Cl)OCCO2. The number of hydrogen-bond acceptors (Lipinski definition) is 5. The summed E-state index contributed by atoms with van der Waals surface area (Å²) in [6, 6.07) is 9.65. The van der Waals surface area contributed by atoms with Crippen molar-refractivity contribution in [1.29, 1.82) is 0 Å². The van der Waals surface area contributed by atoms with E-state index in [1.165, 1.54) is 12.1 Å². The van der Waals surface area contributed by atoms with Gasteiger partial charge < -0.3 is 19.5 Å². The molecule has 1 atom stereocenters. The lowest BCUT2D eigenvalue weighted by Crippen LogP contribution is -2.42. The Kier molecular flexibility index (Phi) is 5.66. The van der Waals surface area contributed by atoms with Gasteiger partial charge in [-0.2, -0.15) is 0 Å². The Hall–Kier alpha value is -2.35. The number of nitrogens with one attached hydrogen (secondary N) is 1. The first kappa shape index (κ1) is 19.0. The number of fused-ring (bicyclic) bond motifs is 1. The highest BCUT2D eigenvalue weighted by Crippen LogP contribution is 2.38. The molecule has 6 nitrogen and oxygen atoms in total. The van der Waals surface area contributed by atoms with Crippen molar-refractivity contribution >= 4 is 23.2 Å². The van der Waals surface area contributed by atoms with Crippen molar-refractivity contribution in [2.45, 2.75) is 6.10 Å². The molecule has 0 aliphatic carbocycles. The second kappa shape index (κ2) is 8.34. The highest BCUT2D eigenvalue weighted by molar-refractivity contribution is 6.34. The van der Waals surface area contributed by atoms with Crippen molar-refractivity contribution in [3.8, 4) is 11.5 Å². The number of rotatable bonds is 4. The summed E-state index contributed by atoms with van der Waals surface area (Å²) in [7, 11) is 0. The fourth-order valence-corrected chi connectivity index (χ4v) is 3.51. The third-order valence-corrected chi connectivity index (χ3v) is 4.96. The number of nitrogens with zero attached hydrogens (tertiary/aromatic N) is 1. The van der Waals surface area contributed by atoms with E-state index in [9.17, 15) is 9.18 Å². The summed E-state index contributed by atoms with van der Waals surface area (Å²) in [6.07, 6.45) is -0.268. The maximum absolute atomic E-state index is 13.5. The van der Waals surface area contributed by atoms with Gasteiger partial charge in [-0.25, -0.2) is 4.39 Å². The number of amides is 1. The fraction of sp³-hybridized carbons (Fsp3) is 0.350. The quantitative estimate of drug-likeness (QED) is 0.844. The van der Waals surface area contributed by atoms with Crippen molar-refractivity contribution in [3.05, 3.63) is 52.8 Å². The van der Waals surface area contributed by atoms with E-state index in [4.69, 9.17) is 25.8 Å². The molecule has 2 aromatic rings. The van der Waals surface area contributed by atoms with Gasteiger partial charge in [0, 0.05) is 25.2 Å². The number of carbonyl (C=O) groups excluding carboxylic acids is 1. The Balaban J connectivity index is 1.38. The van der Waals surface area contributed by atoms with Crippen LogP contribution >= 0.6 is 11.6 Å². The van der Waals surface area contributed by atoms with Crippen LogP contribution in [0.1, 0.15) is 11.7 Å². The van der Waals surface area contributed by atoms with Gasteiger partial charge in [0.05, 0.1) is 30.0 Å². The number of anilines is 1. The zero-order chi connectivity index (χ0) is 19.5. The predicted octanol–water partition coefficient (Wildman–Crippen LogP) is 3.26. The van der Waals surface area contributed by atoms with Crippen molar-refractivity contribution in [3.63, 3.8) is 0 Å². The zero-order valence-electron chi connectivity index (χ0n) is 15.1. The Bertz CT molecular complexity index is 879. The second-order valence-electron chi connectivity index (χ2n) is 6.67. The van der Waals surface area contributed by atoms with Crippen LogP contribution in [-0.2, 0) is 9.53 Å². The molecule has 2 heterocycles. The third-order valence-electron chi connectivity index (χ3n) is 4.64. The molecule has 0 bridgehead atoms. The first-order valence-electron chi connectivity index (χ1n) is 9.07. The average molecular weight is 407 g/mol. The average Bonchev–Trinajstić information content (AvgIpc) is 2.69. The van der Waals surface area contributed by atoms with Crippen molar-refractivity contribution in [2.24, 2.45) is 0 Å². The van der Waals surface area contributed by atoms with Crippen molar-refractivity contribution in [1.82, 2.24) is 4.90 Å². The molecule has 0 aromatic heterocycles. The minimum absolute atomic E-state index is 0.181. The molecule has 1 fully saturated rings. The fourth-order valence-electron chi connectivity index (χ4n) is 3.31. The molecule has 2 aromatic carbocycles. The van der Waals surface area contributed by atoms with E-state index in [2.05, 4.69) is 5.32 Å². The van der Waals surface area contributed by atoms with Gasteiger partial charge in [-0.3, -0.25) is 9.69 Å². The topological polar surface area (TPSA) is 60.0 Å². The van der Waals surface area contributed by atoms with Crippen LogP contribution in [0.2, 0.25) is 5.02 Å². The Morgan fingerprint density at radius 3 is 2.75 bits per heavy atom. The lowest BCUT2D eigenvalue weighted by Gasteiger charge is -2.32. The summed E-state index contributed by atoms with van der Waals surface area (Å²) in [5, 5.41) is 3.21. The molecule has 0 saturated carbocycles. The van der Waals surface area contributed by atoms with E-state index >= 15 is 0 Å². The number of carbonyl (C=O) groups is 1. The van der Waals surface area contributed by atoms with Crippen LogP contribution in [0.4, 0.5) is 10.1 Å². The molecule has 1 saturated heterocycles. The molecule has 4 rings (SSSR count). The molecule has 1 amide bonds. The molecule has 0 spiro atoms. The third kappa shape index (κ3) is 4.38. The van der Waals surface area contributed by atoms with Gasteiger partial charge in [-0.1, -0.05) is 23.7 Å². The minimum atomic E-state index is -0.302.